The van der Waals surface area contributed by atoms with E-state index in [0.29, 0.717) is 17.2 Å². The minimum atomic E-state index is -1.85. The van der Waals surface area contributed by atoms with Crippen molar-refractivity contribution in [1.82, 2.24) is 5.32 Å². The lowest BCUT2D eigenvalue weighted by Crippen LogP contribution is -2.46. The van der Waals surface area contributed by atoms with Gasteiger partial charge in [-0.15, -0.1) is 0 Å². The third-order valence-electron chi connectivity index (χ3n) is 2.08. The summed E-state index contributed by atoms with van der Waals surface area (Å²) in [7, 11) is -2.80. The predicted octanol–water partition coefficient (Wildman–Crippen LogP) is 2.83. The second-order valence-electron chi connectivity index (χ2n) is 6.80. The highest BCUT2D eigenvalue weighted by Crippen LogP contribution is 2.11. The molecule has 1 N–H and O–H groups in total. The van der Waals surface area contributed by atoms with Crippen LogP contribution in [0.4, 0.5) is 4.79 Å². The maximum atomic E-state index is 11.9. The van der Waals surface area contributed by atoms with Gasteiger partial charge in [0.05, 0.1) is 0 Å². The zero-order chi connectivity index (χ0) is 16.8. The van der Waals surface area contributed by atoms with Crippen LogP contribution in [-0.4, -0.2) is 47.3 Å². The molecule has 1 amide bonds. The van der Waals surface area contributed by atoms with Gasteiger partial charge in [0.2, 0.25) is 8.32 Å². The molecule has 0 aromatic rings. The number of carbonyl (C=O) groups is 1. The fraction of sp³-hybridized carbons (Fsp3) is 0.846. The summed E-state index contributed by atoms with van der Waals surface area (Å²) in [6, 6.07) is -0.467. The molecule has 0 aromatic heterocycles. The molecule has 0 heterocycles. The Hall–Kier alpha value is -0.473. The first-order chi connectivity index (χ1) is 9.30. The molecule has 124 valence electrons. The number of hydrogen-bond acceptors (Lipinski definition) is 5. The van der Waals surface area contributed by atoms with Gasteiger partial charge in [0.25, 0.3) is 0 Å². The van der Waals surface area contributed by atoms with Crippen LogP contribution < -0.4 is 5.32 Å². The van der Waals surface area contributed by atoms with Crippen LogP contribution in [0.1, 0.15) is 27.2 Å². The van der Waals surface area contributed by atoms with Crippen LogP contribution in [0.5, 0.6) is 0 Å². The number of carbonyl (C=O) groups excluding carboxylic acids is 1. The van der Waals surface area contributed by atoms with Crippen molar-refractivity contribution >= 4 is 42.5 Å². The molecule has 0 aromatic carbocycles. The van der Waals surface area contributed by atoms with Gasteiger partial charge >= 0.3 is 6.09 Å². The molecule has 0 fully saturated rings. The van der Waals surface area contributed by atoms with Gasteiger partial charge in [-0.3, -0.25) is 4.21 Å². The smallest absolute Gasteiger partial charge is 0.408 e. The molecular formula is C13H27NO4S2Si. The van der Waals surface area contributed by atoms with Gasteiger partial charge in [0.15, 0.2) is 5.05 Å². The van der Waals surface area contributed by atoms with E-state index in [2.05, 4.69) is 5.32 Å². The molecule has 2 atom stereocenters. The van der Waals surface area contributed by atoms with Crippen LogP contribution in [0, 0.1) is 0 Å². The summed E-state index contributed by atoms with van der Waals surface area (Å²) >= 11 is 5.28. The number of nitrogens with one attached hydrogen (secondary N) is 1. The van der Waals surface area contributed by atoms with Crippen molar-refractivity contribution in [2.24, 2.45) is 0 Å². The number of thiocarbonyl (C=S) groups is 1. The third kappa shape index (κ3) is 11.8. The van der Waals surface area contributed by atoms with E-state index >= 15 is 0 Å². The summed E-state index contributed by atoms with van der Waals surface area (Å²) in [6.07, 6.45) is 1.54. The molecule has 0 saturated carbocycles. The summed E-state index contributed by atoms with van der Waals surface area (Å²) in [5.41, 5.74) is -0.580. The van der Waals surface area contributed by atoms with Crippen molar-refractivity contribution in [2.75, 3.05) is 12.0 Å². The van der Waals surface area contributed by atoms with Crippen LogP contribution >= 0.6 is 12.2 Å². The lowest BCUT2D eigenvalue weighted by molar-refractivity contribution is 0.0515. The summed E-state index contributed by atoms with van der Waals surface area (Å²) in [5, 5.41) is 3.05. The Morgan fingerprint density at radius 1 is 1.33 bits per heavy atom. The zero-order valence-electron chi connectivity index (χ0n) is 13.9. The Morgan fingerprint density at radius 3 is 2.24 bits per heavy atom. The monoisotopic (exact) mass is 353 g/mol. The number of ether oxygens (including phenoxy) is 1. The van der Waals surface area contributed by atoms with Crippen LogP contribution in [0.15, 0.2) is 0 Å². The van der Waals surface area contributed by atoms with E-state index < -0.39 is 36.9 Å². The topological polar surface area (TPSA) is 64.6 Å². The zero-order valence-corrected chi connectivity index (χ0v) is 16.6. The van der Waals surface area contributed by atoms with Crippen LogP contribution in [0.25, 0.3) is 0 Å². The highest BCUT2D eigenvalue weighted by molar-refractivity contribution is 7.84. The van der Waals surface area contributed by atoms with Gasteiger partial charge in [0, 0.05) is 22.8 Å². The molecule has 0 saturated heterocycles. The fourth-order valence-electron chi connectivity index (χ4n) is 1.36. The maximum Gasteiger partial charge on any atom is 0.408 e. The Labute approximate surface area is 136 Å². The summed E-state index contributed by atoms with van der Waals surface area (Å²) in [6.45, 7) is 11.4. The molecule has 0 bridgehead atoms. The standard InChI is InChI=1S/C13H27NO4S2Si/c1-13(2,3)17-12(15)14-10(8-9-20(4)16)11(19)18-21(5,6)7/h10H,8-9H2,1-7H3,(H,14,15). The van der Waals surface area contributed by atoms with E-state index in [1.54, 1.807) is 27.0 Å². The first-order valence-corrected chi connectivity index (χ1v) is 12.4. The van der Waals surface area contributed by atoms with Crippen LogP contribution in [0.2, 0.25) is 19.6 Å². The van der Waals surface area contributed by atoms with Crippen LogP contribution in [0.3, 0.4) is 0 Å². The highest BCUT2D eigenvalue weighted by Gasteiger charge is 2.26. The average molecular weight is 354 g/mol. The average Bonchev–Trinajstić information content (AvgIpc) is 2.18. The molecular weight excluding hydrogens is 326 g/mol. The molecule has 0 aliphatic carbocycles. The SMILES string of the molecule is CS(=O)CCC(NC(=O)OC(C)(C)C)C(=S)O[Si](C)(C)C. The predicted molar refractivity (Wildman–Crippen MR) is 93.7 cm³/mol. The molecule has 0 aliphatic heterocycles. The maximum absolute atomic E-state index is 11.9. The van der Waals surface area contributed by atoms with E-state index in [1.807, 2.05) is 19.6 Å². The highest BCUT2D eigenvalue weighted by atomic mass is 32.2. The Morgan fingerprint density at radius 2 is 1.86 bits per heavy atom. The largest absolute Gasteiger partial charge is 0.538 e. The molecule has 0 spiro atoms. The van der Waals surface area contributed by atoms with Gasteiger partial charge in [-0.05, 0) is 59.1 Å². The molecule has 0 aliphatic rings. The number of rotatable bonds is 6. The van der Waals surface area contributed by atoms with Crippen molar-refractivity contribution in [3.8, 4) is 0 Å². The summed E-state index contributed by atoms with van der Waals surface area (Å²) in [4.78, 5) is 11.9. The number of amides is 1. The summed E-state index contributed by atoms with van der Waals surface area (Å²) < 4.78 is 22.3. The molecule has 2 unspecified atom stereocenters. The normalized spacial score (nSPS) is 15.0. The molecule has 0 radical (unpaired) electrons. The van der Waals surface area contributed by atoms with Gasteiger partial charge in [-0.25, -0.2) is 4.79 Å². The van der Waals surface area contributed by atoms with Crippen molar-refractivity contribution in [2.45, 2.75) is 58.5 Å². The van der Waals surface area contributed by atoms with E-state index in [-0.39, 0.29) is 0 Å². The van der Waals surface area contributed by atoms with Gasteiger partial charge in [-0.1, -0.05) is 0 Å². The molecule has 0 rings (SSSR count). The van der Waals surface area contributed by atoms with E-state index in [1.165, 1.54) is 0 Å². The van der Waals surface area contributed by atoms with E-state index in [4.69, 9.17) is 21.4 Å². The molecule has 5 nitrogen and oxygen atoms in total. The Bertz CT molecular complexity index is 402. The fourth-order valence-corrected chi connectivity index (χ4v) is 3.60. The van der Waals surface area contributed by atoms with Gasteiger partial charge < -0.3 is 14.5 Å². The minimum absolute atomic E-state index is 0.338. The first kappa shape index (κ1) is 20.5. The molecule has 21 heavy (non-hydrogen) atoms. The van der Waals surface area contributed by atoms with Crippen molar-refractivity contribution in [1.29, 1.82) is 0 Å². The van der Waals surface area contributed by atoms with Crippen molar-refractivity contribution in [3.63, 3.8) is 0 Å². The lowest BCUT2D eigenvalue weighted by atomic mass is 10.2. The lowest BCUT2D eigenvalue weighted by Gasteiger charge is -2.27. The summed E-state index contributed by atoms with van der Waals surface area (Å²) in [5.74, 6) is 0.440. The van der Waals surface area contributed by atoms with E-state index in [0.717, 1.165) is 0 Å². The Kier molecular flexibility index (Phi) is 8.05. The third-order valence-corrected chi connectivity index (χ3v) is 4.23. The minimum Gasteiger partial charge on any atom is -0.538 e. The Balaban J connectivity index is 4.77. The van der Waals surface area contributed by atoms with E-state index in [9.17, 15) is 9.00 Å². The first-order valence-electron chi connectivity index (χ1n) is 6.82. The van der Waals surface area contributed by atoms with Crippen molar-refractivity contribution < 1.29 is 18.2 Å². The number of hydrogen-bond donors (Lipinski definition) is 1. The second-order valence-corrected chi connectivity index (χ2v) is 13.2. The van der Waals surface area contributed by atoms with Gasteiger partial charge in [-0.2, -0.15) is 0 Å². The van der Waals surface area contributed by atoms with Gasteiger partial charge in [0.1, 0.15) is 11.6 Å². The second kappa shape index (κ2) is 8.24. The molecule has 8 heteroatoms. The quantitative estimate of drug-likeness (QED) is 0.587. The van der Waals surface area contributed by atoms with Crippen molar-refractivity contribution in [3.05, 3.63) is 0 Å². The number of alkyl carbamates (subject to hydrolysis) is 1. The van der Waals surface area contributed by atoms with Crippen LogP contribution in [-0.2, 0) is 20.0 Å².